The van der Waals surface area contributed by atoms with Crippen molar-refractivity contribution in [3.8, 4) is 0 Å². The van der Waals surface area contributed by atoms with Gasteiger partial charge in [0.1, 0.15) is 0 Å². The number of benzene rings is 1. The summed E-state index contributed by atoms with van der Waals surface area (Å²) in [4.78, 5) is 0. The molecule has 1 aromatic carbocycles. The van der Waals surface area contributed by atoms with E-state index in [-0.39, 0.29) is 0 Å². The van der Waals surface area contributed by atoms with Gasteiger partial charge >= 0.3 is 0 Å². The van der Waals surface area contributed by atoms with Gasteiger partial charge in [-0.2, -0.15) is 0 Å². The summed E-state index contributed by atoms with van der Waals surface area (Å²) >= 11 is 6.12. The second-order valence-electron chi connectivity index (χ2n) is 5.35. The first-order valence-electron chi connectivity index (χ1n) is 6.70. The lowest BCUT2D eigenvalue weighted by Gasteiger charge is -2.26. The molecule has 1 aromatic rings. The third-order valence-corrected chi connectivity index (χ3v) is 4.21. The zero-order valence-electron chi connectivity index (χ0n) is 10.6. The molecule has 17 heavy (non-hydrogen) atoms. The fourth-order valence-electron chi connectivity index (χ4n) is 2.59. The van der Waals surface area contributed by atoms with Crippen molar-refractivity contribution in [1.82, 2.24) is 5.32 Å². The van der Waals surface area contributed by atoms with Crippen molar-refractivity contribution in [3.63, 3.8) is 0 Å². The summed E-state index contributed by atoms with van der Waals surface area (Å²) in [6, 6.07) is 8.08. The van der Waals surface area contributed by atoms with E-state index in [1.165, 1.54) is 31.2 Å². The molecule has 0 aromatic heterocycles. The van der Waals surface area contributed by atoms with Crippen LogP contribution in [0, 0.1) is 11.8 Å². The van der Waals surface area contributed by atoms with Crippen LogP contribution in [0.5, 0.6) is 0 Å². The van der Waals surface area contributed by atoms with Gasteiger partial charge in [0, 0.05) is 11.6 Å². The molecule has 1 aliphatic rings. The van der Waals surface area contributed by atoms with Gasteiger partial charge in [0.05, 0.1) is 0 Å². The Morgan fingerprint density at radius 1 is 1.18 bits per heavy atom. The minimum Gasteiger partial charge on any atom is -0.312 e. The van der Waals surface area contributed by atoms with Gasteiger partial charge in [0.25, 0.3) is 0 Å². The van der Waals surface area contributed by atoms with Crippen molar-refractivity contribution in [2.75, 3.05) is 6.54 Å². The van der Waals surface area contributed by atoms with E-state index < -0.39 is 0 Å². The SMILES string of the molecule is CC1CCC(CNCc2ccccc2Cl)CC1. The minimum absolute atomic E-state index is 0.869. The Kier molecular flexibility index (Phi) is 4.87. The molecule has 0 spiro atoms. The predicted molar refractivity (Wildman–Crippen MR) is 74.3 cm³/mol. The Bertz CT molecular complexity index is 343. The standard InChI is InChI=1S/C15H22ClN/c1-12-6-8-13(9-7-12)10-17-11-14-4-2-3-5-15(14)16/h2-5,12-13,17H,6-11H2,1H3. The van der Waals surface area contributed by atoms with Crippen molar-refractivity contribution < 1.29 is 0 Å². The zero-order chi connectivity index (χ0) is 12.1. The number of halogens is 1. The van der Waals surface area contributed by atoms with Crippen molar-refractivity contribution in [1.29, 1.82) is 0 Å². The van der Waals surface area contributed by atoms with Gasteiger partial charge in [-0.05, 0) is 42.9 Å². The number of hydrogen-bond donors (Lipinski definition) is 1. The Balaban J connectivity index is 1.71. The highest BCUT2D eigenvalue weighted by Crippen LogP contribution is 2.27. The maximum atomic E-state index is 6.12. The largest absolute Gasteiger partial charge is 0.312 e. The number of nitrogens with one attached hydrogen (secondary N) is 1. The molecule has 0 atom stereocenters. The molecule has 0 heterocycles. The van der Waals surface area contributed by atoms with Crippen LogP contribution in [-0.4, -0.2) is 6.54 Å². The molecule has 0 radical (unpaired) electrons. The summed E-state index contributed by atoms with van der Waals surface area (Å²) in [6.45, 7) is 4.40. The molecule has 0 bridgehead atoms. The smallest absolute Gasteiger partial charge is 0.0450 e. The van der Waals surface area contributed by atoms with E-state index in [4.69, 9.17) is 11.6 Å². The first-order chi connectivity index (χ1) is 8.25. The Hall–Kier alpha value is -0.530. The van der Waals surface area contributed by atoms with E-state index in [1.54, 1.807) is 0 Å². The topological polar surface area (TPSA) is 12.0 Å². The molecule has 0 aliphatic heterocycles. The second kappa shape index (κ2) is 6.42. The van der Waals surface area contributed by atoms with Gasteiger partial charge < -0.3 is 5.32 Å². The summed E-state index contributed by atoms with van der Waals surface area (Å²) in [5, 5.41) is 4.42. The lowest BCUT2D eigenvalue weighted by molar-refractivity contribution is 0.281. The average molecular weight is 252 g/mol. The van der Waals surface area contributed by atoms with Crippen LogP contribution in [0.4, 0.5) is 0 Å². The molecule has 1 nitrogen and oxygen atoms in total. The lowest BCUT2D eigenvalue weighted by Crippen LogP contribution is -2.25. The Morgan fingerprint density at radius 2 is 1.88 bits per heavy atom. The van der Waals surface area contributed by atoms with E-state index in [0.29, 0.717) is 0 Å². The normalized spacial score (nSPS) is 24.8. The summed E-state index contributed by atoms with van der Waals surface area (Å²) in [5.74, 6) is 1.81. The maximum absolute atomic E-state index is 6.12. The predicted octanol–water partition coefficient (Wildman–Crippen LogP) is 4.26. The quantitative estimate of drug-likeness (QED) is 0.843. The fourth-order valence-corrected chi connectivity index (χ4v) is 2.79. The molecule has 1 N–H and O–H groups in total. The van der Waals surface area contributed by atoms with Crippen LogP contribution in [0.15, 0.2) is 24.3 Å². The van der Waals surface area contributed by atoms with Gasteiger partial charge in [-0.25, -0.2) is 0 Å². The van der Waals surface area contributed by atoms with E-state index in [0.717, 1.165) is 29.9 Å². The molecular weight excluding hydrogens is 230 g/mol. The molecule has 0 amide bonds. The van der Waals surface area contributed by atoms with E-state index in [2.05, 4.69) is 18.3 Å². The third kappa shape index (κ3) is 4.01. The van der Waals surface area contributed by atoms with Crippen LogP contribution in [0.2, 0.25) is 5.02 Å². The summed E-state index contributed by atoms with van der Waals surface area (Å²) in [5.41, 5.74) is 1.21. The van der Waals surface area contributed by atoms with E-state index >= 15 is 0 Å². The van der Waals surface area contributed by atoms with Gasteiger partial charge in [0.15, 0.2) is 0 Å². The van der Waals surface area contributed by atoms with E-state index in [9.17, 15) is 0 Å². The van der Waals surface area contributed by atoms with Gasteiger partial charge in [0.2, 0.25) is 0 Å². The second-order valence-corrected chi connectivity index (χ2v) is 5.76. The first kappa shape index (κ1) is 12.9. The van der Waals surface area contributed by atoms with Gasteiger partial charge in [-0.3, -0.25) is 0 Å². The third-order valence-electron chi connectivity index (χ3n) is 3.84. The van der Waals surface area contributed by atoms with Crippen molar-refractivity contribution in [3.05, 3.63) is 34.9 Å². The van der Waals surface area contributed by atoms with Crippen LogP contribution in [0.25, 0.3) is 0 Å². The van der Waals surface area contributed by atoms with Crippen LogP contribution >= 0.6 is 11.6 Å². The van der Waals surface area contributed by atoms with Crippen molar-refractivity contribution in [2.45, 2.75) is 39.2 Å². The molecule has 0 unspecified atom stereocenters. The monoisotopic (exact) mass is 251 g/mol. The van der Waals surface area contributed by atoms with Crippen LogP contribution in [-0.2, 0) is 6.54 Å². The highest BCUT2D eigenvalue weighted by molar-refractivity contribution is 6.31. The zero-order valence-corrected chi connectivity index (χ0v) is 11.3. The average Bonchev–Trinajstić information content (AvgIpc) is 2.34. The highest BCUT2D eigenvalue weighted by Gasteiger charge is 2.17. The number of hydrogen-bond acceptors (Lipinski definition) is 1. The Morgan fingerprint density at radius 3 is 2.59 bits per heavy atom. The highest BCUT2D eigenvalue weighted by atomic mass is 35.5. The molecule has 1 aliphatic carbocycles. The molecule has 2 heteroatoms. The van der Waals surface area contributed by atoms with Crippen LogP contribution in [0.1, 0.15) is 38.2 Å². The molecule has 94 valence electrons. The van der Waals surface area contributed by atoms with Crippen molar-refractivity contribution in [2.24, 2.45) is 11.8 Å². The summed E-state index contributed by atoms with van der Waals surface area (Å²) in [6.07, 6.45) is 5.57. The molecule has 0 saturated heterocycles. The molecule has 2 rings (SSSR count). The summed E-state index contributed by atoms with van der Waals surface area (Å²) in [7, 11) is 0. The summed E-state index contributed by atoms with van der Waals surface area (Å²) < 4.78 is 0. The fraction of sp³-hybridized carbons (Fsp3) is 0.600. The molecule has 1 saturated carbocycles. The maximum Gasteiger partial charge on any atom is 0.0450 e. The van der Waals surface area contributed by atoms with Gasteiger partial charge in [-0.15, -0.1) is 0 Å². The van der Waals surface area contributed by atoms with Gasteiger partial charge in [-0.1, -0.05) is 49.6 Å². The van der Waals surface area contributed by atoms with Crippen LogP contribution in [0.3, 0.4) is 0 Å². The first-order valence-corrected chi connectivity index (χ1v) is 7.07. The molecular formula is C15H22ClN. The van der Waals surface area contributed by atoms with Crippen LogP contribution < -0.4 is 5.32 Å². The van der Waals surface area contributed by atoms with Crippen molar-refractivity contribution >= 4 is 11.6 Å². The molecule has 1 fully saturated rings. The minimum atomic E-state index is 0.869. The van der Waals surface area contributed by atoms with E-state index in [1.807, 2.05) is 18.2 Å². The number of rotatable bonds is 4. The lowest BCUT2D eigenvalue weighted by atomic mass is 9.83. The Labute approximate surface area is 110 Å².